The topological polar surface area (TPSA) is 29.9 Å². The van der Waals surface area contributed by atoms with Crippen molar-refractivity contribution in [1.29, 1.82) is 0 Å². The summed E-state index contributed by atoms with van der Waals surface area (Å²) < 4.78 is 2.30. The summed E-state index contributed by atoms with van der Waals surface area (Å²) in [7, 11) is 0. The van der Waals surface area contributed by atoms with E-state index in [2.05, 4.69) is 59.2 Å². The maximum absolute atomic E-state index is 4.58. The van der Waals surface area contributed by atoms with Crippen molar-refractivity contribution in [1.82, 2.24) is 9.55 Å². The van der Waals surface area contributed by atoms with Gasteiger partial charge < -0.3 is 9.88 Å². The second-order valence-corrected chi connectivity index (χ2v) is 5.45. The lowest BCUT2D eigenvalue weighted by molar-refractivity contribution is 0.741. The molecule has 0 atom stereocenters. The summed E-state index contributed by atoms with van der Waals surface area (Å²) in [5.74, 6) is 1.04. The van der Waals surface area contributed by atoms with E-state index in [-0.39, 0.29) is 0 Å². The Morgan fingerprint density at radius 1 is 1.26 bits per heavy atom. The Morgan fingerprint density at radius 3 is 2.79 bits per heavy atom. The molecule has 0 amide bonds. The van der Waals surface area contributed by atoms with Crippen LogP contribution in [0.5, 0.6) is 0 Å². The molecule has 1 aliphatic carbocycles. The quantitative estimate of drug-likeness (QED) is 0.886. The normalized spacial score (nSPS) is 14.6. The molecule has 0 bridgehead atoms. The first-order chi connectivity index (χ1) is 9.24. The van der Waals surface area contributed by atoms with Crippen LogP contribution in [-0.2, 0) is 6.42 Å². The summed E-state index contributed by atoms with van der Waals surface area (Å²) in [5.41, 5.74) is 3.88. The van der Waals surface area contributed by atoms with Gasteiger partial charge in [-0.1, -0.05) is 24.3 Å². The minimum absolute atomic E-state index is 0.683. The minimum atomic E-state index is 0.683. The second kappa shape index (κ2) is 5.08. The molecule has 1 aliphatic rings. The van der Waals surface area contributed by atoms with E-state index in [1.54, 1.807) is 0 Å². The van der Waals surface area contributed by atoms with E-state index in [9.17, 15) is 0 Å². The number of aryl methyl sites for hydroxylation is 2. The lowest BCUT2D eigenvalue weighted by Gasteiger charge is -2.09. The number of benzene rings is 1. The van der Waals surface area contributed by atoms with Crippen LogP contribution in [0, 0.1) is 13.8 Å². The molecule has 1 heterocycles. The van der Waals surface area contributed by atoms with E-state index in [4.69, 9.17) is 0 Å². The van der Waals surface area contributed by atoms with Crippen LogP contribution < -0.4 is 5.32 Å². The Labute approximate surface area is 114 Å². The number of nitrogens with zero attached hydrogens (tertiary/aromatic N) is 2. The molecule has 3 heteroatoms. The minimum Gasteiger partial charge on any atom is -0.355 e. The van der Waals surface area contributed by atoms with Gasteiger partial charge in [0.15, 0.2) is 0 Å². The smallest absolute Gasteiger partial charge is 0.203 e. The molecule has 0 spiro atoms. The predicted molar refractivity (Wildman–Crippen MR) is 78.6 cm³/mol. The summed E-state index contributed by atoms with van der Waals surface area (Å²) in [4.78, 5) is 4.58. The average molecular weight is 255 g/mol. The molecule has 0 radical (unpaired) electrons. The van der Waals surface area contributed by atoms with Crippen molar-refractivity contribution < 1.29 is 0 Å². The third kappa shape index (κ3) is 2.80. The number of aromatic nitrogens is 2. The SMILES string of the molecule is Cc1cn(C2CC2)c(NCCc2ccccc2C)n1. The van der Waals surface area contributed by atoms with Crippen molar-refractivity contribution in [3.8, 4) is 0 Å². The number of rotatable bonds is 5. The zero-order chi connectivity index (χ0) is 13.2. The molecule has 2 aromatic rings. The highest BCUT2D eigenvalue weighted by Crippen LogP contribution is 2.37. The molecule has 1 N–H and O–H groups in total. The van der Waals surface area contributed by atoms with Gasteiger partial charge in [-0.15, -0.1) is 0 Å². The number of hydrogen-bond donors (Lipinski definition) is 1. The molecular weight excluding hydrogens is 234 g/mol. The van der Waals surface area contributed by atoms with E-state index in [1.165, 1.54) is 24.0 Å². The van der Waals surface area contributed by atoms with Crippen LogP contribution in [-0.4, -0.2) is 16.1 Å². The first-order valence-electron chi connectivity index (χ1n) is 7.08. The zero-order valence-corrected chi connectivity index (χ0v) is 11.7. The molecule has 0 saturated heterocycles. The molecule has 1 aromatic carbocycles. The molecule has 3 rings (SSSR count). The summed E-state index contributed by atoms with van der Waals surface area (Å²) in [6.45, 7) is 5.17. The number of hydrogen-bond acceptors (Lipinski definition) is 2. The second-order valence-electron chi connectivity index (χ2n) is 5.45. The van der Waals surface area contributed by atoms with Crippen LogP contribution in [0.3, 0.4) is 0 Å². The van der Waals surface area contributed by atoms with Gasteiger partial charge in [0.2, 0.25) is 5.95 Å². The predicted octanol–water partition coefficient (Wildman–Crippen LogP) is 3.49. The molecule has 100 valence electrons. The van der Waals surface area contributed by atoms with Gasteiger partial charge in [-0.25, -0.2) is 4.98 Å². The lowest BCUT2D eigenvalue weighted by Crippen LogP contribution is -2.10. The van der Waals surface area contributed by atoms with Crippen LogP contribution in [0.25, 0.3) is 0 Å². The molecule has 1 aromatic heterocycles. The monoisotopic (exact) mass is 255 g/mol. The van der Waals surface area contributed by atoms with E-state index in [0.717, 1.165) is 24.6 Å². The fourth-order valence-electron chi connectivity index (χ4n) is 2.48. The fourth-order valence-corrected chi connectivity index (χ4v) is 2.48. The molecule has 0 unspecified atom stereocenters. The third-order valence-corrected chi connectivity index (χ3v) is 3.73. The van der Waals surface area contributed by atoms with Crippen molar-refractivity contribution in [2.45, 2.75) is 39.2 Å². The van der Waals surface area contributed by atoms with Crippen molar-refractivity contribution in [2.24, 2.45) is 0 Å². The van der Waals surface area contributed by atoms with E-state index < -0.39 is 0 Å². The standard InChI is InChI=1S/C16H21N3/c1-12-5-3-4-6-14(12)9-10-17-16-18-13(2)11-19(16)15-7-8-15/h3-6,11,15H,7-10H2,1-2H3,(H,17,18). The van der Waals surface area contributed by atoms with Gasteiger partial charge >= 0.3 is 0 Å². The van der Waals surface area contributed by atoms with Crippen LogP contribution in [0.2, 0.25) is 0 Å². The van der Waals surface area contributed by atoms with Gasteiger partial charge in [0.05, 0.1) is 5.69 Å². The zero-order valence-electron chi connectivity index (χ0n) is 11.7. The van der Waals surface area contributed by atoms with E-state index in [0.29, 0.717) is 6.04 Å². The highest BCUT2D eigenvalue weighted by atomic mass is 15.2. The highest BCUT2D eigenvalue weighted by molar-refractivity contribution is 5.32. The first-order valence-corrected chi connectivity index (χ1v) is 7.08. The molecule has 1 saturated carbocycles. The van der Waals surface area contributed by atoms with Crippen LogP contribution in [0.1, 0.15) is 35.7 Å². The van der Waals surface area contributed by atoms with Gasteiger partial charge in [-0.2, -0.15) is 0 Å². The Bertz CT molecular complexity index is 567. The van der Waals surface area contributed by atoms with Gasteiger partial charge in [-0.3, -0.25) is 0 Å². The fraction of sp³-hybridized carbons (Fsp3) is 0.438. The van der Waals surface area contributed by atoms with Crippen LogP contribution in [0.4, 0.5) is 5.95 Å². The van der Waals surface area contributed by atoms with Crippen LogP contribution >= 0.6 is 0 Å². The van der Waals surface area contributed by atoms with E-state index in [1.807, 2.05) is 0 Å². The Kier molecular flexibility index (Phi) is 3.28. The highest BCUT2D eigenvalue weighted by Gasteiger charge is 2.26. The summed E-state index contributed by atoms with van der Waals surface area (Å²) in [6.07, 6.45) is 5.79. The van der Waals surface area contributed by atoms with E-state index >= 15 is 0 Å². The number of anilines is 1. The van der Waals surface area contributed by atoms with Crippen molar-refractivity contribution in [2.75, 3.05) is 11.9 Å². The largest absolute Gasteiger partial charge is 0.355 e. The van der Waals surface area contributed by atoms with Crippen LogP contribution in [0.15, 0.2) is 30.5 Å². The Morgan fingerprint density at radius 2 is 2.05 bits per heavy atom. The Balaban J connectivity index is 1.62. The third-order valence-electron chi connectivity index (χ3n) is 3.73. The van der Waals surface area contributed by atoms with Gasteiger partial charge in [0, 0.05) is 18.8 Å². The number of nitrogens with one attached hydrogen (secondary N) is 1. The molecule has 3 nitrogen and oxygen atoms in total. The van der Waals surface area contributed by atoms with Crippen molar-refractivity contribution in [3.63, 3.8) is 0 Å². The molecule has 1 fully saturated rings. The maximum Gasteiger partial charge on any atom is 0.203 e. The van der Waals surface area contributed by atoms with Gasteiger partial charge in [0.1, 0.15) is 0 Å². The number of imidazole rings is 1. The molecule has 0 aliphatic heterocycles. The van der Waals surface area contributed by atoms with Gasteiger partial charge in [0.25, 0.3) is 0 Å². The lowest BCUT2D eigenvalue weighted by atomic mass is 10.1. The van der Waals surface area contributed by atoms with Crippen molar-refractivity contribution >= 4 is 5.95 Å². The Hall–Kier alpha value is -1.77. The summed E-state index contributed by atoms with van der Waals surface area (Å²) >= 11 is 0. The van der Waals surface area contributed by atoms with Gasteiger partial charge in [-0.05, 0) is 44.2 Å². The summed E-state index contributed by atoms with van der Waals surface area (Å²) in [6, 6.07) is 9.26. The average Bonchev–Trinajstić information content (AvgIpc) is 3.16. The summed E-state index contributed by atoms with van der Waals surface area (Å²) in [5, 5.41) is 3.48. The maximum atomic E-state index is 4.58. The van der Waals surface area contributed by atoms with Crippen molar-refractivity contribution in [3.05, 3.63) is 47.3 Å². The molecular formula is C16H21N3. The first kappa shape index (κ1) is 12.3. The molecule has 19 heavy (non-hydrogen) atoms.